The zero-order chi connectivity index (χ0) is 18.0. The number of carbonyl (C=O) groups excluding carboxylic acids is 1. The number of carbonyl (C=O) groups is 1. The van der Waals surface area contributed by atoms with Crippen LogP contribution in [0.15, 0.2) is 60.7 Å². The van der Waals surface area contributed by atoms with Gasteiger partial charge in [-0.25, -0.2) is 0 Å². The summed E-state index contributed by atoms with van der Waals surface area (Å²) >= 11 is 0. The van der Waals surface area contributed by atoms with Gasteiger partial charge in [0.05, 0.1) is 11.0 Å². The summed E-state index contributed by atoms with van der Waals surface area (Å²) in [7, 11) is 0. The topological polar surface area (TPSA) is 22.0 Å². The van der Waals surface area contributed by atoms with Crippen LogP contribution < -0.4 is 0 Å². The lowest BCUT2D eigenvalue weighted by atomic mass is 10.0. The van der Waals surface area contributed by atoms with Gasteiger partial charge in [0.2, 0.25) is 5.91 Å². The van der Waals surface area contributed by atoms with Crippen molar-refractivity contribution in [2.75, 3.05) is 0 Å². The number of hydrogen-bond donors (Lipinski definition) is 0. The molecule has 1 heterocycles. The molecule has 4 aromatic carbocycles. The molecule has 0 unspecified atom stereocenters. The van der Waals surface area contributed by atoms with Crippen LogP contribution in [0.25, 0.3) is 43.4 Å². The molecule has 1 aromatic heterocycles. The van der Waals surface area contributed by atoms with Crippen LogP contribution in [-0.4, -0.2) is 10.5 Å². The first kappa shape index (κ1) is 15.2. The number of benzene rings is 4. The minimum atomic E-state index is 0.0474. The smallest absolute Gasteiger partial charge is 0.228 e. The lowest BCUT2D eigenvalue weighted by molar-refractivity contribution is 0.0946. The van der Waals surface area contributed by atoms with Crippen LogP contribution in [0.3, 0.4) is 0 Å². The highest BCUT2D eigenvalue weighted by Crippen LogP contribution is 2.38. The van der Waals surface area contributed by atoms with Crippen LogP contribution >= 0.6 is 0 Å². The number of fused-ring (bicyclic) bond motifs is 7. The SMILES string of the molecule is CC(=O)n1c2c3ccc(C)cc3ccc2c2ccc3cc(C)ccc3c21. The van der Waals surface area contributed by atoms with Gasteiger partial charge in [-0.2, -0.15) is 0 Å². The summed E-state index contributed by atoms with van der Waals surface area (Å²) in [4.78, 5) is 12.7. The lowest BCUT2D eigenvalue weighted by Gasteiger charge is -2.08. The van der Waals surface area contributed by atoms with Crippen molar-refractivity contribution in [1.29, 1.82) is 0 Å². The fourth-order valence-corrected chi connectivity index (χ4v) is 4.21. The molecule has 5 aromatic rings. The van der Waals surface area contributed by atoms with Gasteiger partial charge in [0.1, 0.15) is 0 Å². The Bertz CT molecular complexity index is 1270. The maximum absolute atomic E-state index is 12.7. The Morgan fingerprint density at radius 1 is 0.654 bits per heavy atom. The van der Waals surface area contributed by atoms with Crippen molar-refractivity contribution < 1.29 is 4.79 Å². The quantitative estimate of drug-likeness (QED) is 0.321. The van der Waals surface area contributed by atoms with Gasteiger partial charge < -0.3 is 0 Å². The van der Waals surface area contributed by atoms with Gasteiger partial charge in [-0.3, -0.25) is 9.36 Å². The van der Waals surface area contributed by atoms with Crippen molar-refractivity contribution in [2.45, 2.75) is 20.8 Å². The third-order valence-corrected chi connectivity index (χ3v) is 5.35. The molecule has 0 aliphatic carbocycles. The van der Waals surface area contributed by atoms with E-state index < -0.39 is 0 Å². The first-order valence-electron chi connectivity index (χ1n) is 8.92. The second-order valence-corrected chi connectivity index (χ2v) is 7.23. The molecule has 5 rings (SSSR count). The summed E-state index contributed by atoms with van der Waals surface area (Å²) < 4.78 is 1.90. The molecule has 0 N–H and O–H groups in total. The number of rotatable bonds is 0. The first-order valence-corrected chi connectivity index (χ1v) is 8.92. The standard InChI is InChI=1S/C24H19NO/c1-14-4-8-19-17(12-14)6-10-21-22-11-7-18-13-15(2)5-9-20(18)24(22)25(16(3)26)23(19)21/h4-13H,1-3H3. The zero-order valence-electron chi connectivity index (χ0n) is 15.1. The summed E-state index contributed by atoms with van der Waals surface area (Å²) in [6, 6.07) is 21.5. The van der Waals surface area contributed by atoms with Gasteiger partial charge in [0, 0.05) is 28.5 Å². The van der Waals surface area contributed by atoms with Crippen molar-refractivity contribution in [3.05, 3.63) is 71.8 Å². The average Bonchev–Trinajstić information content (AvgIpc) is 2.96. The molecule has 0 atom stereocenters. The molecule has 0 saturated heterocycles. The molecule has 0 spiro atoms. The van der Waals surface area contributed by atoms with E-state index >= 15 is 0 Å². The Kier molecular flexibility index (Phi) is 3.02. The molecule has 0 amide bonds. The minimum absolute atomic E-state index is 0.0474. The largest absolute Gasteiger partial charge is 0.279 e. The highest BCUT2D eigenvalue weighted by molar-refractivity contribution is 6.26. The predicted molar refractivity (Wildman–Crippen MR) is 110 cm³/mol. The molecule has 2 heteroatoms. The molecule has 0 fully saturated rings. The van der Waals surface area contributed by atoms with E-state index in [1.54, 1.807) is 6.92 Å². The van der Waals surface area contributed by atoms with Crippen LogP contribution in [0.5, 0.6) is 0 Å². The fourth-order valence-electron chi connectivity index (χ4n) is 4.21. The Labute approximate surface area is 151 Å². The molecule has 126 valence electrons. The number of hydrogen-bond acceptors (Lipinski definition) is 1. The molecule has 0 bridgehead atoms. The molecule has 0 radical (unpaired) electrons. The van der Waals surface area contributed by atoms with E-state index in [9.17, 15) is 4.79 Å². The second-order valence-electron chi connectivity index (χ2n) is 7.23. The van der Waals surface area contributed by atoms with E-state index in [0.29, 0.717) is 0 Å². The van der Waals surface area contributed by atoms with Crippen molar-refractivity contribution in [3.8, 4) is 0 Å². The van der Waals surface area contributed by atoms with Crippen molar-refractivity contribution in [3.63, 3.8) is 0 Å². The third-order valence-electron chi connectivity index (χ3n) is 5.35. The van der Waals surface area contributed by atoms with Crippen LogP contribution in [0, 0.1) is 13.8 Å². The molecule has 0 aliphatic heterocycles. The van der Waals surface area contributed by atoms with Crippen molar-refractivity contribution >= 4 is 49.3 Å². The van der Waals surface area contributed by atoms with Crippen molar-refractivity contribution in [1.82, 2.24) is 4.57 Å². The summed E-state index contributed by atoms with van der Waals surface area (Å²) in [6.07, 6.45) is 0. The lowest BCUT2D eigenvalue weighted by Crippen LogP contribution is -2.05. The molecule has 0 saturated carbocycles. The molecule has 0 aliphatic rings. The van der Waals surface area contributed by atoms with Crippen molar-refractivity contribution in [2.24, 2.45) is 0 Å². The molecular weight excluding hydrogens is 318 g/mol. The normalized spacial score (nSPS) is 11.8. The number of aryl methyl sites for hydroxylation is 2. The van der Waals surface area contributed by atoms with Crippen LogP contribution in [0.1, 0.15) is 22.8 Å². The van der Waals surface area contributed by atoms with Gasteiger partial charge in [0.25, 0.3) is 0 Å². The van der Waals surface area contributed by atoms with Crippen LogP contribution in [0.4, 0.5) is 0 Å². The van der Waals surface area contributed by atoms with E-state index in [4.69, 9.17) is 0 Å². The first-order chi connectivity index (χ1) is 12.5. The highest BCUT2D eigenvalue weighted by atomic mass is 16.1. The Hall–Kier alpha value is -3.13. The summed E-state index contributed by atoms with van der Waals surface area (Å²) in [6.45, 7) is 5.85. The van der Waals surface area contributed by atoms with E-state index in [0.717, 1.165) is 32.6 Å². The fraction of sp³-hybridized carbons (Fsp3) is 0.125. The monoisotopic (exact) mass is 337 g/mol. The third kappa shape index (κ3) is 1.96. The van der Waals surface area contributed by atoms with Crippen LogP contribution in [-0.2, 0) is 0 Å². The Morgan fingerprint density at radius 2 is 1.08 bits per heavy atom. The molecule has 26 heavy (non-hydrogen) atoms. The Morgan fingerprint density at radius 3 is 1.50 bits per heavy atom. The number of nitrogens with zero attached hydrogens (tertiary/aromatic N) is 1. The maximum atomic E-state index is 12.7. The van der Waals surface area contributed by atoms with E-state index in [1.165, 1.54) is 21.9 Å². The summed E-state index contributed by atoms with van der Waals surface area (Å²) in [5.74, 6) is 0.0474. The van der Waals surface area contributed by atoms with Gasteiger partial charge in [-0.1, -0.05) is 71.8 Å². The van der Waals surface area contributed by atoms with E-state index in [1.807, 2.05) is 4.57 Å². The zero-order valence-corrected chi connectivity index (χ0v) is 15.1. The molecular formula is C24H19NO. The van der Waals surface area contributed by atoms with Crippen LogP contribution in [0.2, 0.25) is 0 Å². The summed E-state index contributed by atoms with van der Waals surface area (Å²) in [5.41, 5.74) is 4.47. The predicted octanol–water partition coefficient (Wildman–Crippen LogP) is 6.38. The van der Waals surface area contributed by atoms with Gasteiger partial charge in [0.15, 0.2) is 0 Å². The van der Waals surface area contributed by atoms with Gasteiger partial charge in [-0.15, -0.1) is 0 Å². The van der Waals surface area contributed by atoms with E-state index in [2.05, 4.69) is 74.5 Å². The number of aromatic nitrogens is 1. The van der Waals surface area contributed by atoms with E-state index in [-0.39, 0.29) is 5.91 Å². The highest BCUT2D eigenvalue weighted by Gasteiger charge is 2.18. The van der Waals surface area contributed by atoms with Gasteiger partial charge in [-0.05, 0) is 24.6 Å². The average molecular weight is 337 g/mol. The summed E-state index contributed by atoms with van der Waals surface area (Å²) in [5, 5.41) is 6.86. The van der Waals surface area contributed by atoms with Gasteiger partial charge >= 0.3 is 0 Å². The second kappa shape index (κ2) is 5.18. The molecule has 2 nitrogen and oxygen atoms in total. The Balaban J connectivity index is 2.12. The minimum Gasteiger partial charge on any atom is -0.279 e. The maximum Gasteiger partial charge on any atom is 0.228 e.